The average molecular weight is 352 g/mol. The van der Waals surface area contributed by atoms with Crippen LogP contribution >= 0.6 is 0 Å². The van der Waals surface area contributed by atoms with Gasteiger partial charge in [0.1, 0.15) is 6.04 Å². The molecule has 0 amide bonds. The summed E-state index contributed by atoms with van der Waals surface area (Å²) in [5.74, 6) is -3.43. The van der Waals surface area contributed by atoms with E-state index < -0.39 is 49.2 Å². The standard InChI is InChI=1S/C12H20N2O10/c1-7(15)21-13(22-8(2)16)6-11(5-12(19)20)14(23-9(3)17)24-10(4)18/h11-12,19-20H,5-6H2,1-4H3. The van der Waals surface area contributed by atoms with Crippen LogP contribution in [0.4, 0.5) is 0 Å². The molecule has 0 rings (SSSR count). The Kier molecular flexibility index (Phi) is 9.49. The minimum absolute atomic E-state index is 0.393. The van der Waals surface area contributed by atoms with E-state index in [1.54, 1.807) is 0 Å². The minimum Gasteiger partial charge on any atom is -0.368 e. The van der Waals surface area contributed by atoms with Crippen molar-refractivity contribution in [1.29, 1.82) is 0 Å². The molecule has 12 heteroatoms. The van der Waals surface area contributed by atoms with Crippen molar-refractivity contribution in [2.75, 3.05) is 6.54 Å². The Morgan fingerprint density at radius 3 is 1.46 bits per heavy atom. The first-order chi connectivity index (χ1) is 11.0. The summed E-state index contributed by atoms with van der Waals surface area (Å²) in [6.07, 6.45) is -2.42. The molecule has 0 radical (unpaired) electrons. The number of carbonyl (C=O) groups excluding carboxylic acids is 4. The summed E-state index contributed by atoms with van der Waals surface area (Å²) in [7, 11) is 0. The van der Waals surface area contributed by atoms with Crippen LogP contribution in [-0.4, -0.2) is 63.4 Å². The fourth-order valence-electron chi connectivity index (χ4n) is 1.44. The number of carbonyl (C=O) groups is 4. The highest BCUT2D eigenvalue weighted by Gasteiger charge is 2.32. The van der Waals surface area contributed by atoms with Gasteiger partial charge in [-0.25, -0.2) is 0 Å². The topological polar surface area (TPSA) is 152 Å². The van der Waals surface area contributed by atoms with Gasteiger partial charge in [-0.15, -0.1) is 0 Å². The molecule has 0 bridgehead atoms. The van der Waals surface area contributed by atoms with E-state index in [9.17, 15) is 19.2 Å². The zero-order valence-electron chi connectivity index (χ0n) is 13.6. The predicted molar refractivity (Wildman–Crippen MR) is 72.2 cm³/mol. The molecule has 138 valence electrons. The molecule has 24 heavy (non-hydrogen) atoms. The van der Waals surface area contributed by atoms with E-state index in [4.69, 9.17) is 10.2 Å². The van der Waals surface area contributed by atoms with Gasteiger partial charge in [-0.3, -0.25) is 19.2 Å². The van der Waals surface area contributed by atoms with Crippen molar-refractivity contribution >= 4 is 23.9 Å². The van der Waals surface area contributed by atoms with E-state index >= 15 is 0 Å². The maximum absolute atomic E-state index is 11.1. The molecule has 0 aromatic carbocycles. The van der Waals surface area contributed by atoms with Gasteiger partial charge in [0.25, 0.3) is 0 Å². The average Bonchev–Trinajstić information content (AvgIpc) is 2.33. The van der Waals surface area contributed by atoms with E-state index in [0.29, 0.717) is 10.5 Å². The van der Waals surface area contributed by atoms with Crippen LogP contribution < -0.4 is 0 Å². The highest BCUT2D eigenvalue weighted by atomic mass is 17.0. The Bertz CT molecular complexity index is 435. The summed E-state index contributed by atoms with van der Waals surface area (Å²) >= 11 is 0. The third-order valence-corrected chi connectivity index (χ3v) is 2.04. The van der Waals surface area contributed by atoms with E-state index in [2.05, 4.69) is 19.4 Å². The monoisotopic (exact) mass is 352 g/mol. The van der Waals surface area contributed by atoms with Crippen LogP contribution in [0.2, 0.25) is 0 Å². The zero-order chi connectivity index (χ0) is 18.9. The van der Waals surface area contributed by atoms with Crippen molar-refractivity contribution < 1.29 is 48.7 Å². The predicted octanol–water partition coefficient (Wildman–Crippen LogP) is -1.43. The first-order valence-corrected chi connectivity index (χ1v) is 6.68. The zero-order valence-corrected chi connectivity index (χ0v) is 13.6. The van der Waals surface area contributed by atoms with E-state index in [1.807, 2.05) is 0 Å². The lowest BCUT2D eigenvalue weighted by Gasteiger charge is -2.30. The third kappa shape index (κ3) is 10.4. The summed E-state index contributed by atoms with van der Waals surface area (Å²) < 4.78 is 0. The lowest BCUT2D eigenvalue weighted by Crippen LogP contribution is -2.47. The Morgan fingerprint density at radius 2 is 1.17 bits per heavy atom. The van der Waals surface area contributed by atoms with E-state index in [1.165, 1.54) is 0 Å². The normalized spacial score (nSPS) is 12.0. The van der Waals surface area contributed by atoms with Crippen molar-refractivity contribution in [3.63, 3.8) is 0 Å². The van der Waals surface area contributed by atoms with Gasteiger partial charge >= 0.3 is 23.9 Å². The van der Waals surface area contributed by atoms with E-state index in [0.717, 1.165) is 27.7 Å². The van der Waals surface area contributed by atoms with Gasteiger partial charge in [-0.2, -0.15) is 0 Å². The van der Waals surface area contributed by atoms with Crippen LogP contribution in [0, 0.1) is 0 Å². The molecule has 0 fully saturated rings. The van der Waals surface area contributed by atoms with E-state index in [-0.39, 0.29) is 0 Å². The SMILES string of the molecule is CC(=O)ON(CC(CC(O)O)N(OC(C)=O)OC(C)=O)OC(C)=O. The highest BCUT2D eigenvalue weighted by Crippen LogP contribution is 2.12. The van der Waals surface area contributed by atoms with Crippen molar-refractivity contribution in [1.82, 2.24) is 10.5 Å². The molecule has 0 aliphatic rings. The van der Waals surface area contributed by atoms with Gasteiger partial charge in [-0.05, 0) is 0 Å². The minimum atomic E-state index is -1.90. The fourth-order valence-corrected chi connectivity index (χ4v) is 1.44. The molecule has 0 aromatic rings. The summed E-state index contributed by atoms with van der Waals surface area (Å²) in [6.45, 7) is 3.56. The lowest BCUT2D eigenvalue weighted by molar-refractivity contribution is -0.376. The molecule has 0 saturated heterocycles. The second-order valence-corrected chi connectivity index (χ2v) is 4.50. The molecule has 12 nitrogen and oxygen atoms in total. The van der Waals surface area contributed by atoms with Crippen LogP contribution in [0.1, 0.15) is 34.1 Å². The number of aliphatic hydroxyl groups excluding tert-OH is 1. The maximum atomic E-state index is 11.1. The summed E-state index contributed by atoms with van der Waals surface area (Å²) in [5.41, 5.74) is 0. The molecule has 1 atom stereocenters. The molecule has 0 heterocycles. The number of aliphatic hydroxyl groups is 2. The van der Waals surface area contributed by atoms with Gasteiger partial charge in [-0.1, -0.05) is 0 Å². The summed E-state index contributed by atoms with van der Waals surface area (Å²) in [6, 6.07) is -1.25. The van der Waals surface area contributed by atoms with Crippen LogP contribution in [0.5, 0.6) is 0 Å². The molecule has 0 aromatic heterocycles. The molecule has 0 spiro atoms. The van der Waals surface area contributed by atoms with Crippen molar-refractivity contribution in [3.05, 3.63) is 0 Å². The number of rotatable bonds is 9. The second kappa shape index (κ2) is 10.5. The van der Waals surface area contributed by atoms with Crippen molar-refractivity contribution in [2.45, 2.75) is 46.4 Å². The molecule has 0 aliphatic heterocycles. The van der Waals surface area contributed by atoms with Crippen LogP contribution in [-0.2, 0) is 38.5 Å². The molecule has 0 saturated carbocycles. The second-order valence-electron chi connectivity index (χ2n) is 4.50. The summed E-state index contributed by atoms with van der Waals surface area (Å²) in [4.78, 5) is 62.8. The Hall–Kier alpha value is -2.28. The lowest BCUT2D eigenvalue weighted by atomic mass is 10.2. The van der Waals surface area contributed by atoms with Crippen LogP contribution in [0.3, 0.4) is 0 Å². The number of hydroxylamine groups is 4. The van der Waals surface area contributed by atoms with Crippen molar-refractivity contribution in [2.24, 2.45) is 0 Å². The first kappa shape index (κ1) is 21.7. The van der Waals surface area contributed by atoms with Gasteiger partial charge < -0.3 is 29.6 Å². The Morgan fingerprint density at radius 1 is 0.792 bits per heavy atom. The fraction of sp³-hybridized carbons (Fsp3) is 0.667. The van der Waals surface area contributed by atoms with Gasteiger partial charge in [0.05, 0.1) is 6.54 Å². The molecule has 0 aliphatic carbocycles. The maximum Gasteiger partial charge on any atom is 0.326 e. The number of hydrogen-bond acceptors (Lipinski definition) is 12. The van der Waals surface area contributed by atoms with Crippen molar-refractivity contribution in [3.8, 4) is 0 Å². The smallest absolute Gasteiger partial charge is 0.326 e. The molecule has 2 N–H and O–H groups in total. The van der Waals surface area contributed by atoms with Crippen LogP contribution in [0.25, 0.3) is 0 Å². The van der Waals surface area contributed by atoms with Gasteiger partial charge in [0, 0.05) is 44.6 Å². The largest absolute Gasteiger partial charge is 0.368 e. The summed E-state index contributed by atoms with van der Waals surface area (Å²) in [5, 5.41) is 19.1. The highest BCUT2D eigenvalue weighted by molar-refractivity contribution is 5.67. The first-order valence-electron chi connectivity index (χ1n) is 6.68. The number of hydrogen-bond donors (Lipinski definition) is 2. The number of nitrogens with zero attached hydrogens (tertiary/aromatic N) is 2. The Balaban J connectivity index is 5.33. The molecular formula is C12H20N2O10. The quantitative estimate of drug-likeness (QED) is 0.369. The molecule has 1 unspecified atom stereocenters. The van der Waals surface area contributed by atoms with Gasteiger partial charge in [0.2, 0.25) is 0 Å². The van der Waals surface area contributed by atoms with Gasteiger partial charge in [0.15, 0.2) is 6.29 Å². The molecular weight excluding hydrogens is 332 g/mol. The van der Waals surface area contributed by atoms with Crippen LogP contribution in [0.15, 0.2) is 0 Å². The third-order valence-electron chi connectivity index (χ3n) is 2.04. The Labute approximate surface area is 137 Å².